The van der Waals surface area contributed by atoms with Gasteiger partial charge in [-0.25, -0.2) is 4.98 Å². The molecule has 0 bridgehead atoms. The van der Waals surface area contributed by atoms with Crippen molar-refractivity contribution in [3.05, 3.63) is 23.9 Å². The summed E-state index contributed by atoms with van der Waals surface area (Å²) in [5, 5.41) is 3.51. The number of rotatable bonds is 5. The molecule has 0 aliphatic carbocycles. The molecule has 21 heavy (non-hydrogen) atoms. The number of hydrogen-bond donors (Lipinski definition) is 1. The molecule has 3 rings (SSSR count). The topological polar surface area (TPSA) is 31.4 Å². The fourth-order valence-corrected chi connectivity index (χ4v) is 3.51. The molecule has 2 fully saturated rings. The van der Waals surface area contributed by atoms with E-state index in [1.807, 2.05) is 6.20 Å². The molecule has 1 atom stereocenters. The average molecular weight is 288 g/mol. The first-order valence-electron chi connectivity index (χ1n) is 8.40. The van der Waals surface area contributed by atoms with Gasteiger partial charge in [-0.3, -0.25) is 4.90 Å². The first-order valence-corrected chi connectivity index (χ1v) is 8.40. The van der Waals surface area contributed by atoms with Crippen LogP contribution in [0.4, 0.5) is 5.82 Å². The molecule has 0 spiro atoms. The molecule has 116 valence electrons. The highest BCUT2D eigenvalue weighted by Crippen LogP contribution is 2.26. The molecular weight excluding hydrogens is 260 g/mol. The van der Waals surface area contributed by atoms with Crippen LogP contribution in [0.5, 0.6) is 0 Å². The van der Waals surface area contributed by atoms with Crippen molar-refractivity contribution in [2.75, 3.05) is 31.1 Å². The van der Waals surface area contributed by atoms with E-state index in [0.29, 0.717) is 6.04 Å². The monoisotopic (exact) mass is 288 g/mol. The van der Waals surface area contributed by atoms with Gasteiger partial charge in [0.2, 0.25) is 0 Å². The van der Waals surface area contributed by atoms with E-state index in [0.717, 1.165) is 25.7 Å². The van der Waals surface area contributed by atoms with E-state index in [2.05, 4.69) is 46.1 Å². The lowest BCUT2D eigenvalue weighted by atomic mass is 10.2. The Morgan fingerprint density at radius 1 is 1.29 bits per heavy atom. The van der Waals surface area contributed by atoms with Gasteiger partial charge >= 0.3 is 0 Å². The second-order valence-electron chi connectivity index (χ2n) is 6.65. The molecule has 1 unspecified atom stereocenters. The minimum atomic E-state index is 0.508. The third-order valence-electron chi connectivity index (χ3n) is 4.69. The predicted octanol–water partition coefficient (Wildman–Crippen LogP) is 2.25. The summed E-state index contributed by atoms with van der Waals surface area (Å²) in [7, 11) is 0. The highest BCUT2D eigenvalue weighted by molar-refractivity contribution is 5.48. The Labute approximate surface area is 128 Å². The lowest BCUT2D eigenvalue weighted by molar-refractivity contribution is 0.260. The van der Waals surface area contributed by atoms with Crippen LogP contribution in [0.15, 0.2) is 18.3 Å². The minimum Gasteiger partial charge on any atom is -0.355 e. The van der Waals surface area contributed by atoms with Crippen LogP contribution < -0.4 is 10.2 Å². The minimum absolute atomic E-state index is 0.508. The summed E-state index contributed by atoms with van der Waals surface area (Å²) < 4.78 is 0. The van der Waals surface area contributed by atoms with E-state index in [1.165, 1.54) is 43.7 Å². The second kappa shape index (κ2) is 6.75. The van der Waals surface area contributed by atoms with Crippen LogP contribution in [-0.4, -0.2) is 48.1 Å². The average Bonchev–Trinajstić information content (AvgIpc) is 3.16. The van der Waals surface area contributed by atoms with E-state index in [-0.39, 0.29) is 0 Å². The van der Waals surface area contributed by atoms with Gasteiger partial charge in [0.25, 0.3) is 0 Å². The summed E-state index contributed by atoms with van der Waals surface area (Å²) in [6.45, 7) is 10.2. The second-order valence-corrected chi connectivity index (χ2v) is 6.65. The first-order chi connectivity index (χ1) is 10.2. The summed E-state index contributed by atoms with van der Waals surface area (Å²) in [5.41, 5.74) is 1.33. The maximum Gasteiger partial charge on any atom is 0.133 e. The molecule has 3 heterocycles. The maximum absolute atomic E-state index is 4.67. The summed E-state index contributed by atoms with van der Waals surface area (Å²) in [6.07, 6.45) is 5.97. The molecule has 4 nitrogen and oxygen atoms in total. The highest BCUT2D eigenvalue weighted by atomic mass is 15.3. The number of likely N-dealkylation sites (tertiary alicyclic amines) is 1. The number of hydrogen-bond acceptors (Lipinski definition) is 4. The van der Waals surface area contributed by atoms with Crippen LogP contribution >= 0.6 is 0 Å². The molecule has 1 aromatic rings. The Hall–Kier alpha value is -1.13. The van der Waals surface area contributed by atoms with E-state index in [9.17, 15) is 0 Å². The van der Waals surface area contributed by atoms with Crippen LogP contribution in [0.1, 0.15) is 38.7 Å². The summed E-state index contributed by atoms with van der Waals surface area (Å²) >= 11 is 0. The van der Waals surface area contributed by atoms with Crippen molar-refractivity contribution >= 4 is 5.82 Å². The van der Waals surface area contributed by atoms with Gasteiger partial charge in [0, 0.05) is 43.5 Å². The summed E-state index contributed by atoms with van der Waals surface area (Å²) in [6, 6.07) is 5.50. The zero-order chi connectivity index (χ0) is 14.7. The van der Waals surface area contributed by atoms with Gasteiger partial charge in [-0.1, -0.05) is 19.9 Å². The molecule has 0 amide bonds. The Morgan fingerprint density at radius 3 is 2.86 bits per heavy atom. The molecule has 2 saturated heterocycles. The van der Waals surface area contributed by atoms with Crippen LogP contribution in [0.2, 0.25) is 0 Å². The van der Waals surface area contributed by atoms with Gasteiger partial charge in [-0.05, 0) is 38.4 Å². The number of nitrogens with zero attached hydrogens (tertiary/aromatic N) is 3. The lowest BCUT2D eigenvalue weighted by Gasteiger charge is -2.25. The Bertz CT molecular complexity index is 454. The zero-order valence-electron chi connectivity index (χ0n) is 13.4. The van der Waals surface area contributed by atoms with Crippen molar-refractivity contribution in [3.63, 3.8) is 0 Å². The molecule has 2 aliphatic heterocycles. The molecule has 1 N–H and O–H groups in total. The Balaban J connectivity index is 1.66. The van der Waals surface area contributed by atoms with E-state index in [1.54, 1.807) is 0 Å². The fourth-order valence-electron chi connectivity index (χ4n) is 3.51. The molecule has 1 aromatic heterocycles. The quantitative estimate of drug-likeness (QED) is 0.900. The molecular formula is C17H28N4. The van der Waals surface area contributed by atoms with Crippen LogP contribution in [0.25, 0.3) is 0 Å². The van der Waals surface area contributed by atoms with E-state index < -0.39 is 0 Å². The van der Waals surface area contributed by atoms with Gasteiger partial charge in [-0.15, -0.1) is 0 Å². The molecule has 0 aromatic carbocycles. The Kier molecular flexibility index (Phi) is 4.76. The van der Waals surface area contributed by atoms with Crippen molar-refractivity contribution in [3.8, 4) is 0 Å². The Morgan fingerprint density at radius 2 is 2.10 bits per heavy atom. The fraction of sp³-hybridized carbons (Fsp3) is 0.706. The van der Waals surface area contributed by atoms with Gasteiger partial charge < -0.3 is 10.2 Å². The first kappa shape index (κ1) is 14.8. The number of nitrogens with one attached hydrogen (secondary N) is 1. The molecule has 0 saturated carbocycles. The third-order valence-corrected chi connectivity index (χ3v) is 4.69. The third kappa shape index (κ3) is 3.55. The van der Waals surface area contributed by atoms with Crippen LogP contribution in [-0.2, 0) is 6.54 Å². The number of anilines is 1. The van der Waals surface area contributed by atoms with Crippen molar-refractivity contribution in [2.24, 2.45) is 0 Å². The van der Waals surface area contributed by atoms with Gasteiger partial charge in [0.05, 0.1) is 0 Å². The zero-order valence-corrected chi connectivity index (χ0v) is 13.4. The van der Waals surface area contributed by atoms with Gasteiger partial charge in [0.1, 0.15) is 5.82 Å². The molecule has 4 heteroatoms. The van der Waals surface area contributed by atoms with Crippen LogP contribution in [0.3, 0.4) is 0 Å². The smallest absolute Gasteiger partial charge is 0.133 e. The summed E-state index contributed by atoms with van der Waals surface area (Å²) in [5.74, 6) is 1.19. The van der Waals surface area contributed by atoms with Gasteiger partial charge in [0.15, 0.2) is 0 Å². The van der Waals surface area contributed by atoms with Gasteiger partial charge in [-0.2, -0.15) is 0 Å². The maximum atomic E-state index is 4.67. The van der Waals surface area contributed by atoms with Crippen molar-refractivity contribution in [1.29, 1.82) is 0 Å². The van der Waals surface area contributed by atoms with Crippen molar-refractivity contribution in [2.45, 2.75) is 51.7 Å². The molecule has 2 aliphatic rings. The van der Waals surface area contributed by atoms with Crippen molar-refractivity contribution in [1.82, 2.24) is 15.2 Å². The van der Waals surface area contributed by atoms with Crippen LogP contribution in [0, 0.1) is 0 Å². The molecule has 0 radical (unpaired) electrons. The standard InChI is InChI=1S/C17H28N4/c1-14(2)19-12-15-6-5-8-18-17(15)21-11-7-16(13-21)20-9-3-4-10-20/h5-6,8,14,16,19H,3-4,7,9-13H2,1-2H3. The predicted molar refractivity (Wildman–Crippen MR) is 87.6 cm³/mol. The lowest BCUT2D eigenvalue weighted by Crippen LogP contribution is -2.35. The number of pyridine rings is 1. The largest absolute Gasteiger partial charge is 0.355 e. The van der Waals surface area contributed by atoms with Crippen molar-refractivity contribution < 1.29 is 0 Å². The van der Waals surface area contributed by atoms with E-state index >= 15 is 0 Å². The normalized spacial score (nSPS) is 23.4. The SMILES string of the molecule is CC(C)NCc1cccnc1N1CCC(N2CCCC2)C1. The number of aromatic nitrogens is 1. The van der Waals surface area contributed by atoms with E-state index in [4.69, 9.17) is 0 Å². The highest BCUT2D eigenvalue weighted by Gasteiger charge is 2.30. The summed E-state index contributed by atoms with van der Waals surface area (Å²) in [4.78, 5) is 9.83.